The third kappa shape index (κ3) is 3.06. The molecular weight excluding hydrogens is 369 g/mol. The summed E-state index contributed by atoms with van der Waals surface area (Å²) in [7, 11) is 0. The summed E-state index contributed by atoms with van der Waals surface area (Å²) in [6.45, 7) is 1.99. The fourth-order valence-electron chi connectivity index (χ4n) is 5.19. The molecule has 0 radical (unpaired) electrons. The maximum atomic E-state index is 13.5. The predicted molar refractivity (Wildman–Crippen MR) is 95.8 cm³/mol. The molecule has 3 aliphatic rings. The number of fused-ring (bicyclic) bond motifs is 3. The molecule has 3 saturated carbocycles. The van der Waals surface area contributed by atoms with E-state index in [1.807, 2.05) is 6.92 Å². The molecule has 0 aliphatic heterocycles. The summed E-state index contributed by atoms with van der Waals surface area (Å²) >= 11 is 0. The number of hydrogen-bond donors (Lipinski definition) is 1. The smallest absolute Gasteiger partial charge is 0.348 e. The van der Waals surface area contributed by atoms with Crippen molar-refractivity contribution >= 4 is 11.6 Å². The summed E-state index contributed by atoms with van der Waals surface area (Å²) in [6, 6.07) is 2.42. The average Bonchev–Trinajstić information content (AvgIpc) is 3.07. The molecule has 0 saturated heterocycles. The van der Waals surface area contributed by atoms with Crippen LogP contribution in [0, 0.1) is 17.8 Å². The summed E-state index contributed by atoms with van der Waals surface area (Å²) in [6.07, 6.45) is 2.01. The molecule has 4 unspecified atom stereocenters. The summed E-state index contributed by atoms with van der Waals surface area (Å²) in [5.74, 6) is 1.52. The highest BCUT2D eigenvalue weighted by atomic mass is 19.4. The molecule has 5 nitrogen and oxygen atoms in total. The van der Waals surface area contributed by atoms with Gasteiger partial charge in [0, 0.05) is 23.7 Å². The molecule has 2 aromatic rings. The Labute approximate surface area is 160 Å². The van der Waals surface area contributed by atoms with Gasteiger partial charge in [-0.1, -0.05) is 6.42 Å². The lowest BCUT2D eigenvalue weighted by atomic mass is 9.84. The van der Waals surface area contributed by atoms with Crippen LogP contribution in [-0.2, 0) is 6.18 Å². The third-order valence-electron chi connectivity index (χ3n) is 6.76. The van der Waals surface area contributed by atoms with Crippen molar-refractivity contribution in [2.45, 2.75) is 63.6 Å². The molecule has 3 aliphatic carbocycles. The Morgan fingerprint density at radius 3 is 2.61 bits per heavy atom. The molecule has 1 amide bonds. The molecular formula is C20H23F3N4O. The van der Waals surface area contributed by atoms with Gasteiger partial charge in [-0.05, 0) is 62.8 Å². The van der Waals surface area contributed by atoms with E-state index in [-0.39, 0.29) is 23.3 Å². The van der Waals surface area contributed by atoms with Crippen molar-refractivity contribution in [3.63, 3.8) is 0 Å². The van der Waals surface area contributed by atoms with E-state index in [4.69, 9.17) is 0 Å². The van der Waals surface area contributed by atoms with E-state index >= 15 is 0 Å². The minimum atomic E-state index is -4.55. The van der Waals surface area contributed by atoms with Crippen LogP contribution in [-0.4, -0.2) is 26.5 Å². The fourth-order valence-corrected chi connectivity index (χ4v) is 5.19. The summed E-state index contributed by atoms with van der Waals surface area (Å²) in [5, 5.41) is 6.92. The maximum absolute atomic E-state index is 13.5. The van der Waals surface area contributed by atoms with Gasteiger partial charge in [0.2, 0.25) is 0 Å². The second kappa shape index (κ2) is 6.19. The molecule has 0 spiro atoms. The van der Waals surface area contributed by atoms with Gasteiger partial charge in [0.25, 0.3) is 5.91 Å². The number of aromatic nitrogens is 3. The Balaban J connectivity index is 1.41. The highest BCUT2D eigenvalue weighted by Crippen LogP contribution is 2.49. The molecule has 2 bridgehead atoms. The van der Waals surface area contributed by atoms with Gasteiger partial charge in [0.15, 0.2) is 11.3 Å². The highest BCUT2D eigenvalue weighted by Gasteiger charge is 2.42. The van der Waals surface area contributed by atoms with Crippen LogP contribution >= 0.6 is 0 Å². The van der Waals surface area contributed by atoms with E-state index in [9.17, 15) is 18.0 Å². The van der Waals surface area contributed by atoms with Crippen molar-refractivity contribution in [2.24, 2.45) is 17.8 Å². The Hall–Kier alpha value is -2.12. The SMILES string of the molecule is CC(NC(=O)c1cc2nc(C3CC3)cc(C(F)(F)F)n2n1)C1CC2CCC1C2. The molecule has 3 fully saturated rings. The van der Waals surface area contributed by atoms with Crippen molar-refractivity contribution in [3.8, 4) is 0 Å². The Morgan fingerprint density at radius 2 is 2.00 bits per heavy atom. The Bertz CT molecular complexity index is 933. The molecule has 150 valence electrons. The van der Waals surface area contributed by atoms with Crippen LogP contribution in [0.3, 0.4) is 0 Å². The van der Waals surface area contributed by atoms with Crippen LogP contribution < -0.4 is 5.32 Å². The summed E-state index contributed by atoms with van der Waals surface area (Å²) in [4.78, 5) is 17.0. The van der Waals surface area contributed by atoms with Gasteiger partial charge in [0.1, 0.15) is 5.69 Å². The third-order valence-corrected chi connectivity index (χ3v) is 6.76. The molecule has 0 aromatic carbocycles. The number of nitrogens with one attached hydrogen (secondary N) is 1. The number of halogens is 3. The molecule has 28 heavy (non-hydrogen) atoms. The maximum Gasteiger partial charge on any atom is 0.433 e. The first-order chi connectivity index (χ1) is 13.3. The van der Waals surface area contributed by atoms with Crippen LogP contribution in [0.25, 0.3) is 5.65 Å². The monoisotopic (exact) mass is 392 g/mol. The zero-order chi connectivity index (χ0) is 19.6. The second-order valence-corrected chi connectivity index (χ2v) is 8.74. The number of hydrogen-bond acceptors (Lipinski definition) is 3. The predicted octanol–water partition coefficient (Wildman–Crippen LogP) is 4.18. The second-order valence-electron chi connectivity index (χ2n) is 8.74. The first-order valence-corrected chi connectivity index (χ1v) is 10.1. The van der Waals surface area contributed by atoms with Gasteiger partial charge < -0.3 is 5.32 Å². The molecule has 2 heterocycles. The van der Waals surface area contributed by atoms with Gasteiger partial charge in [0.05, 0.1) is 0 Å². The van der Waals surface area contributed by atoms with Crippen molar-refractivity contribution in [3.05, 3.63) is 29.2 Å². The number of alkyl halides is 3. The molecule has 4 atom stereocenters. The Morgan fingerprint density at radius 1 is 1.21 bits per heavy atom. The zero-order valence-electron chi connectivity index (χ0n) is 15.7. The standard InChI is InChI=1S/C20H23F3N4O/c1-10(14-7-11-2-3-13(14)6-11)24-19(28)16-9-18-25-15(12-4-5-12)8-17(20(21,22)23)27(18)26-16/h8-14H,2-7H2,1H3,(H,24,28). The molecule has 8 heteroatoms. The van der Waals surface area contributed by atoms with Crippen molar-refractivity contribution in [2.75, 3.05) is 0 Å². The van der Waals surface area contributed by atoms with E-state index in [1.54, 1.807) is 0 Å². The van der Waals surface area contributed by atoms with E-state index in [2.05, 4.69) is 15.4 Å². The molecule has 1 N–H and O–H groups in total. The van der Waals surface area contributed by atoms with Gasteiger partial charge >= 0.3 is 6.18 Å². The van der Waals surface area contributed by atoms with Crippen LogP contribution in [0.1, 0.15) is 73.2 Å². The van der Waals surface area contributed by atoms with Crippen molar-refractivity contribution < 1.29 is 18.0 Å². The number of rotatable bonds is 4. The number of amides is 1. The average molecular weight is 392 g/mol. The van der Waals surface area contributed by atoms with E-state index in [0.29, 0.717) is 17.5 Å². The van der Waals surface area contributed by atoms with Gasteiger partial charge in [-0.2, -0.15) is 18.3 Å². The van der Waals surface area contributed by atoms with E-state index in [1.165, 1.54) is 25.3 Å². The van der Waals surface area contributed by atoms with Crippen LogP contribution in [0.2, 0.25) is 0 Å². The molecule has 5 rings (SSSR count). The first kappa shape index (κ1) is 17.9. The van der Waals surface area contributed by atoms with Crippen LogP contribution in [0.5, 0.6) is 0 Å². The fraction of sp³-hybridized carbons (Fsp3) is 0.650. The van der Waals surface area contributed by atoms with Crippen LogP contribution in [0.15, 0.2) is 12.1 Å². The number of carbonyl (C=O) groups is 1. The minimum Gasteiger partial charge on any atom is -0.348 e. The van der Waals surface area contributed by atoms with Crippen molar-refractivity contribution in [1.82, 2.24) is 19.9 Å². The van der Waals surface area contributed by atoms with E-state index in [0.717, 1.165) is 35.8 Å². The molecule has 2 aromatic heterocycles. The normalized spacial score (nSPS) is 28.1. The minimum absolute atomic E-state index is 0.00955. The van der Waals surface area contributed by atoms with E-state index < -0.39 is 17.8 Å². The van der Waals surface area contributed by atoms with Gasteiger partial charge in [-0.25, -0.2) is 9.50 Å². The lowest BCUT2D eigenvalue weighted by Crippen LogP contribution is -2.40. The number of carbonyl (C=O) groups excluding carboxylic acids is 1. The summed E-state index contributed by atoms with van der Waals surface area (Å²) < 4.78 is 41.3. The van der Waals surface area contributed by atoms with Gasteiger partial charge in [-0.15, -0.1) is 0 Å². The highest BCUT2D eigenvalue weighted by molar-refractivity contribution is 5.93. The largest absolute Gasteiger partial charge is 0.433 e. The zero-order valence-corrected chi connectivity index (χ0v) is 15.7. The van der Waals surface area contributed by atoms with Crippen molar-refractivity contribution in [1.29, 1.82) is 0 Å². The number of nitrogens with zero attached hydrogens (tertiary/aromatic N) is 3. The van der Waals surface area contributed by atoms with Crippen LogP contribution in [0.4, 0.5) is 13.2 Å². The quantitative estimate of drug-likeness (QED) is 0.849. The first-order valence-electron chi connectivity index (χ1n) is 10.1. The topological polar surface area (TPSA) is 59.3 Å². The van der Waals surface area contributed by atoms with Gasteiger partial charge in [-0.3, -0.25) is 4.79 Å². The lowest BCUT2D eigenvalue weighted by Gasteiger charge is -2.28. The summed E-state index contributed by atoms with van der Waals surface area (Å²) in [5.41, 5.74) is -0.378. The Kier molecular flexibility index (Phi) is 3.97. The lowest BCUT2D eigenvalue weighted by molar-refractivity contribution is -0.142.